The van der Waals surface area contributed by atoms with Gasteiger partial charge in [-0.25, -0.2) is 0 Å². The molecule has 2 rings (SSSR count). The van der Waals surface area contributed by atoms with Gasteiger partial charge < -0.3 is 14.0 Å². The van der Waals surface area contributed by atoms with E-state index in [1.807, 2.05) is 6.07 Å². The first-order valence-corrected chi connectivity index (χ1v) is 7.36. The SMILES string of the molecule is CCCOc1ccc(C)cc1B1OC(C)(C)C(C)(C)O1. The molecule has 1 aliphatic heterocycles. The molecule has 20 heavy (non-hydrogen) atoms. The Bertz CT molecular complexity index is 467. The summed E-state index contributed by atoms with van der Waals surface area (Å²) < 4.78 is 18.1. The topological polar surface area (TPSA) is 27.7 Å². The van der Waals surface area contributed by atoms with Crippen LogP contribution in [0.15, 0.2) is 18.2 Å². The molecule has 1 aliphatic rings. The monoisotopic (exact) mass is 276 g/mol. The smallest absolute Gasteiger partial charge is 0.494 e. The van der Waals surface area contributed by atoms with E-state index >= 15 is 0 Å². The van der Waals surface area contributed by atoms with Gasteiger partial charge in [0.1, 0.15) is 5.75 Å². The van der Waals surface area contributed by atoms with Gasteiger partial charge in [0.05, 0.1) is 17.8 Å². The summed E-state index contributed by atoms with van der Waals surface area (Å²) in [5, 5.41) is 0. The molecular formula is C16H25BO3. The van der Waals surface area contributed by atoms with E-state index in [-0.39, 0.29) is 18.3 Å². The van der Waals surface area contributed by atoms with Gasteiger partial charge >= 0.3 is 7.12 Å². The Kier molecular flexibility index (Phi) is 4.17. The van der Waals surface area contributed by atoms with Crippen LogP contribution in [0.3, 0.4) is 0 Å². The molecule has 0 bridgehead atoms. The van der Waals surface area contributed by atoms with Crippen LogP contribution >= 0.6 is 0 Å². The van der Waals surface area contributed by atoms with Gasteiger partial charge in [0, 0.05) is 5.46 Å². The maximum Gasteiger partial charge on any atom is 0.498 e. The number of ether oxygens (including phenoxy) is 1. The summed E-state index contributed by atoms with van der Waals surface area (Å²) in [7, 11) is -0.369. The maximum atomic E-state index is 6.12. The molecule has 0 aliphatic carbocycles. The average Bonchev–Trinajstić information content (AvgIpc) is 2.57. The maximum absolute atomic E-state index is 6.12. The second-order valence-electron chi connectivity index (χ2n) is 6.48. The lowest BCUT2D eigenvalue weighted by molar-refractivity contribution is 0.00578. The summed E-state index contributed by atoms with van der Waals surface area (Å²) in [6.07, 6.45) is 0.983. The zero-order valence-corrected chi connectivity index (χ0v) is 13.4. The minimum Gasteiger partial charge on any atom is -0.494 e. The van der Waals surface area contributed by atoms with Gasteiger partial charge in [0.25, 0.3) is 0 Å². The third kappa shape index (κ3) is 2.86. The van der Waals surface area contributed by atoms with Crippen LogP contribution in [-0.2, 0) is 9.31 Å². The Hall–Kier alpha value is -0.995. The van der Waals surface area contributed by atoms with Crippen molar-refractivity contribution in [2.45, 2.75) is 59.2 Å². The molecule has 0 amide bonds. The van der Waals surface area contributed by atoms with Crippen molar-refractivity contribution in [3.63, 3.8) is 0 Å². The lowest BCUT2D eigenvalue weighted by Crippen LogP contribution is -2.41. The van der Waals surface area contributed by atoms with Crippen LogP contribution in [0.2, 0.25) is 0 Å². The van der Waals surface area contributed by atoms with Crippen molar-refractivity contribution in [3.05, 3.63) is 23.8 Å². The predicted octanol–water partition coefficient (Wildman–Crippen LogP) is 3.08. The molecule has 1 fully saturated rings. The van der Waals surface area contributed by atoms with E-state index in [0.29, 0.717) is 6.61 Å². The molecule has 0 aromatic heterocycles. The van der Waals surface area contributed by atoms with Gasteiger partial charge in [-0.1, -0.05) is 24.6 Å². The van der Waals surface area contributed by atoms with Crippen molar-refractivity contribution in [3.8, 4) is 5.75 Å². The molecule has 0 N–H and O–H groups in total. The third-order valence-corrected chi connectivity index (χ3v) is 4.13. The Morgan fingerprint density at radius 1 is 1.10 bits per heavy atom. The van der Waals surface area contributed by atoms with Crippen LogP contribution < -0.4 is 10.2 Å². The molecule has 0 unspecified atom stereocenters. The summed E-state index contributed by atoms with van der Waals surface area (Å²) in [4.78, 5) is 0. The van der Waals surface area contributed by atoms with Gasteiger partial charge in [0.2, 0.25) is 0 Å². The molecule has 0 atom stereocenters. The zero-order valence-electron chi connectivity index (χ0n) is 13.4. The standard InChI is InChI=1S/C16H25BO3/c1-7-10-18-14-9-8-12(2)11-13(14)17-19-15(3,4)16(5,6)20-17/h8-9,11H,7,10H2,1-6H3. The fourth-order valence-corrected chi connectivity index (χ4v) is 2.17. The molecule has 110 valence electrons. The van der Waals surface area contributed by atoms with E-state index in [0.717, 1.165) is 17.6 Å². The average molecular weight is 276 g/mol. The highest BCUT2D eigenvalue weighted by molar-refractivity contribution is 6.63. The van der Waals surface area contributed by atoms with Gasteiger partial charge in [-0.2, -0.15) is 0 Å². The summed E-state index contributed by atoms with van der Waals surface area (Å²) >= 11 is 0. The summed E-state index contributed by atoms with van der Waals surface area (Å²) in [5.41, 5.74) is 1.50. The number of hydrogen-bond donors (Lipinski definition) is 0. The van der Waals surface area contributed by atoms with Crippen LogP contribution in [0.25, 0.3) is 0 Å². The van der Waals surface area contributed by atoms with Crippen molar-refractivity contribution in [1.82, 2.24) is 0 Å². The Labute approximate surface area is 122 Å². The highest BCUT2D eigenvalue weighted by atomic mass is 16.7. The van der Waals surface area contributed by atoms with Crippen molar-refractivity contribution < 1.29 is 14.0 Å². The van der Waals surface area contributed by atoms with Crippen molar-refractivity contribution in [1.29, 1.82) is 0 Å². The van der Waals surface area contributed by atoms with Crippen molar-refractivity contribution >= 4 is 12.6 Å². The van der Waals surface area contributed by atoms with E-state index in [4.69, 9.17) is 14.0 Å². The van der Waals surface area contributed by atoms with E-state index in [1.165, 1.54) is 5.56 Å². The van der Waals surface area contributed by atoms with Crippen LogP contribution in [0.4, 0.5) is 0 Å². The van der Waals surface area contributed by atoms with Crippen LogP contribution in [0.1, 0.15) is 46.6 Å². The fourth-order valence-electron chi connectivity index (χ4n) is 2.17. The normalized spacial score (nSPS) is 20.2. The fraction of sp³-hybridized carbons (Fsp3) is 0.625. The lowest BCUT2D eigenvalue weighted by Gasteiger charge is -2.32. The van der Waals surface area contributed by atoms with E-state index in [1.54, 1.807) is 0 Å². The quantitative estimate of drug-likeness (QED) is 0.791. The number of benzene rings is 1. The second kappa shape index (κ2) is 5.42. The van der Waals surface area contributed by atoms with Crippen LogP contribution in [-0.4, -0.2) is 24.9 Å². The van der Waals surface area contributed by atoms with E-state index in [9.17, 15) is 0 Å². The van der Waals surface area contributed by atoms with Crippen LogP contribution in [0.5, 0.6) is 5.75 Å². The molecule has 0 saturated carbocycles. The summed E-state index contributed by atoms with van der Waals surface area (Å²) in [5.74, 6) is 0.857. The van der Waals surface area contributed by atoms with Crippen molar-refractivity contribution in [2.24, 2.45) is 0 Å². The third-order valence-electron chi connectivity index (χ3n) is 4.13. The van der Waals surface area contributed by atoms with Crippen molar-refractivity contribution in [2.75, 3.05) is 6.61 Å². The Morgan fingerprint density at radius 2 is 1.70 bits per heavy atom. The molecular weight excluding hydrogens is 251 g/mol. The number of aryl methyl sites for hydroxylation is 1. The van der Waals surface area contributed by atoms with Gasteiger partial charge in [-0.15, -0.1) is 0 Å². The summed E-state index contributed by atoms with van der Waals surface area (Å²) in [6.45, 7) is 13.1. The van der Waals surface area contributed by atoms with E-state index < -0.39 is 0 Å². The zero-order chi connectivity index (χ0) is 15.0. The molecule has 0 radical (unpaired) electrons. The molecule has 0 spiro atoms. The predicted molar refractivity (Wildman–Crippen MR) is 82.7 cm³/mol. The second-order valence-corrected chi connectivity index (χ2v) is 6.48. The highest BCUT2D eigenvalue weighted by Crippen LogP contribution is 2.37. The number of rotatable bonds is 4. The minimum absolute atomic E-state index is 0.330. The first kappa shape index (κ1) is 15.4. The van der Waals surface area contributed by atoms with Crippen LogP contribution in [0, 0.1) is 6.92 Å². The van der Waals surface area contributed by atoms with Gasteiger partial charge in [-0.05, 0) is 47.1 Å². The molecule has 1 heterocycles. The molecule has 4 heteroatoms. The highest BCUT2D eigenvalue weighted by Gasteiger charge is 2.52. The first-order valence-electron chi connectivity index (χ1n) is 7.36. The molecule has 1 aromatic rings. The Balaban J connectivity index is 2.31. The Morgan fingerprint density at radius 3 is 2.25 bits per heavy atom. The largest absolute Gasteiger partial charge is 0.498 e. The molecule has 1 aromatic carbocycles. The molecule has 1 saturated heterocycles. The lowest BCUT2D eigenvalue weighted by atomic mass is 9.77. The first-order chi connectivity index (χ1) is 9.27. The molecule has 3 nitrogen and oxygen atoms in total. The van der Waals surface area contributed by atoms with Gasteiger partial charge in [-0.3, -0.25) is 0 Å². The summed E-state index contributed by atoms with van der Waals surface area (Å²) in [6, 6.07) is 6.15. The van der Waals surface area contributed by atoms with E-state index in [2.05, 4.69) is 53.7 Å². The van der Waals surface area contributed by atoms with Gasteiger partial charge in [0.15, 0.2) is 0 Å². The minimum atomic E-state index is -0.369. The number of hydrogen-bond acceptors (Lipinski definition) is 3.